The van der Waals surface area contributed by atoms with Gasteiger partial charge in [0, 0.05) is 0 Å². The Hall–Kier alpha value is -2.57. The number of cyclic esters (lactones) is 1. The van der Waals surface area contributed by atoms with Crippen molar-refractivity contribution in [2.45, 2.75) is 38.5 Å². The fourth-order valence-corrected chi connectivity index (χ4v) is 2.22. The van der Waals surface area contributed by atoms with Gasteiger partial charge in [-0.3, -0.25) is 0 Å². The number of amides is 2. The normalized spacial score (nSPS) is 20.9. The molecule has 2 rings (SSSR count). The average Bonchev–Trinajstić information content (AvgIpc) is 2.83. The third-order valence-electron chi connectivity index (χ3n) is 3.15. The molecule has 0 spiro atoms. The van der Waals surface area contributed by atoms with E-state index < -0.39 is 35.9 Å². The molecule has 1 unspecified atom stereocenters. The Morgan fingerprint density at radius 2 is 1.78 bits per heavy atom. The molecule has 1 fully saturated rings. The van der Waals surface area contributed by atoms with Crippen LogP contribution in [0.25, 0.3) is 0 Å². The van der Waals surface area contributed by atoms with Crippen molar-refractivity contribution in [2.24, 2.45) is 0 Å². The molecule has 2 amide bonds. The number of esters is 1. The summed E-state index contributed by atoms with van der Waals surface area (Å²) in [6.45, 7) is 4.98. The monoisotopic (exact) mass is 321 g/mol. The molecule has 7 heteroatoms. The largest absolute Gasteiger partial charge is 0.467 e. The molecule has 23 heavy (non-hydrogen) atoms. The fraction of sp³-hybridized carbons (Fsp3) is 0.438. The molecule has 1 heterocycles. The average molecular weight is 321 g/mol. The Balaban J connectivity index is 2.36. The predicted octanol–water partition coefficient (Wildman–Crippen LogP) is 2.66. The van der Waals surface area contributed by atoms with Gasteiger partial charge in [-0.15, -0.1) is 0 Å². The first-order chi connectivity index (χ1) is 10.7. The maximum absolute atomic E-state index is 12.3. The van der Waals surface area contributed by atoms with Crippen molar-refractivity contribution in [3.05, 3.63) is 35.9 Å². The summed E-state index contributed by atoms with van der Waals surface area (Å²) in [6.07, 6.45) is -2.83. The van der Waals surface area contributed by atoms with Gasteiger partial charge in [0.2, 0.25) is 0 Å². The number of methoxy groups -OCH3 is 1. The van der Waals surface area contributed by atoms with Crippen LogP contribution in [0.1, 0.15) is 32.4 Å². The molecule has 124 valence electrons. The lowest BCUT2D eigenvalue weighted by Gasteiger charge is -2.25. The first-order valence-corrected chi connectivity index (χ1v) is 7.10. The summed E-state index contributed by atoms with van der Waals surface area (Å²) in [7, 11) is 1.18. The number of rotatable bonds is 2. The zero-order valence-corrected chi connectivity index (χ0v) is 13.4. The van der Waals surface area contributed by atoms with Gasteiger partial charge in [-0.05, 0) is 26.3 Å². The highest BCUT2D eigenvalue weighted by Crippen LogP contribution is 2.34. The molecule has 1 saturated heterocycles. The summed E-state index contributed by atoms with van der Waals surface area (Å²) in [5, 5.41) is 0. The third kappa shape index (κ3) is 3.61. The molecule has 2 atom stereocenters. The van der Waals surface area contributed by atoms with Gasteiger partial charge in [0.1, 0.15) is 5.60 Å². The zero-order chi connectivity index (χ0) is 17.2. The molecule has 1 aliphatic rings. The van der Waals surface area contributed by atoms with E-state index in [2.05, 4.69) is 0 Å². The second kappa shape index (κ2) is 6.28. The number of ether oxygens (including phenoxy) is 3. The summed E-state index contributed by atoms with van der Waals surface area (Å²) in [5.74, 6) is -0.754. The molecule has 1 aromatic carbocycles. The second-order valence-corrected chi connectivity index (χ2v) is 6.03. The molecule has 0 N–H and O–H groups in total. The maximum atomic E-state index is 12.3. The summed E-state index contributed by atoms with van der Waals surface area (Å²) in [4.78, 5) is 37.2. The van der Waals surface area contributed by atoms with Gasteiger partial charge in [-0.1, -0.05) is 30.3 Å². The van der Waals surface area contributed by atoms with Crippen molar-refractivity contribution in [3.8, 4) is 0 Å². The van der Waals surface area contributed by atoms with Gasteiger partial charge in [0.05, 0.1) is 7.11 Å². The van der Waals surface area contributed by atoms with Gasteiger partial charge in [0.15, 0.2) is 12.1 Å². The summed E-state index contributed by atoms with van der Waals surface area (Å²) in [6, 6.07) is 7.45. The Bertz CT molecular complexity index is 607. The van der Waals surface area contributed by atoms with E-state index >= 15 is 0 Å². The zero-order valence-electron chi connectivity index (χ0n) is 13.4. The minimum absolute atomic E-state index is 0.585. The second-order valence-electron chi connectivity index (χ2n) is 6.03. The number of hydrogen-bond donors (Lipinski definition) is 0. The molecule has 0 aromatic heterocycles. The Morgan fingerprint density at radius 1 is 1.17 bits per heavy atom. The Morgan fingerprint density at radius 3 is 2.30 bits per heavy atom. The van der Waals surface area contributed by atoms with Gasteiger partial charge in [0.25, 0.3) is 0 Å². The molecule has 1 aromatic rings. The predicted molar refractivity (Wildman–Crippen MR) is 79.5 cm³/mol. The van der Waals surface area contributed by atoms with Crippen molar-refractivity contribution in [2.75, 3.05) is 7.11 Å². The smallest absolute Gasteiger partial charge is 0.420 e. The third-order valence-corrected chi connectivity index (χ3v) is 3.15. The Kier molecular flexibility index (Phi) is 4.58. The topological polar surface area (TPSA) is 82.1 Å². The quantitative estimate of drug-likeness (QED) is 0.615. The van der Waals surface area contributed by atoms with E-state index in [1.807, 2.05) is 0 Å². The molecular weight excluding hydrogens is 302 g/mol. The highest BCUT2D eigenvalue weighted by Gasteiger charge is 2.52. The summed E-state index contributed by atoms with van der Waals surface area (Å²) in [5.41, 5.74) is -0.231. The number of carbonyl (C=O) groups excluding carboxylic acids is 3. The Labute approximate surface area is 134 Å². The molecule has 0 radical (unpaired) electrons. The molecular formula is C16H19NO6. The maximum Gasteiger partial charge on any atom is 0.420 e. The lowest BCUT2D eigenvalue weighted by atomic mass is 10.0. The molecule has 7 nitrogen and oxygen atoms in total. The minimum Gasteiger partial charge on any atom is -0.467 e. The van der Waals surface area contributed by atoms with Crippen LogP contribution in [0.4, 0.5) is 9.59 Å². The van der Waals surface area contributed by atoms with Crippen molar-refractivity contribution >= 4 is 18.2 Å². The lowest BCUT2D eigenvalue weighted by Crippen LogP contribution is -2.47. The van der Waals surface area contributed by atoms with E-state index in [1.165, 1.54) is 7.11 Å². The molecule has 0 bridgehead atoms. The minimum atomic E-state index is -1.23. The summed E-state index contributed by atoms with van der Waals surface area (Å²) >= 11 is 0. The van der Waals surface area contributed by atoms with Crippen molar-refractivity contribution in [1.29, 1.82) is 0 Å². The molecule has 1 aliphatic heterocycles. The van der Waals surface area contributed by atoms with Gasteiger partial charge >= 0.3 is 18.2 Å². The molecule has 0 aliphatic carbocycles. The van der Waals surface area contributed by atoms with Gasteiger partial charge in [-0.25, -0.2) is 14.4 Å². The van der Waals surface area contributed by atoms with Crippen LogP contribution in [0.2, 0.25) is 0 Å². The first-order valence-electron chi connectivity index (χ1n) is 7.10. The highest BCUT2D eigenvalue weighted by molar-refractivity contribution is 5.96. The number of hydrogen-bond acceptors (Lipinski definition) is 6. The molecule has 0 saturated carbocycles. The first kappa shape index (κ1) is 16.8. The highest BCUT2D eigenvalue weighted by atomic mass is 16.6. The van der Waals surface area contributed by atoms with Crippen LogP contribution in [-0.4, -0.2) is 41.8 Å². The van der Waals surface area contributed by atoms with Gasteiger partial charge in [-0.2, -0.15) is 4.90 Å². The number of imide groups is 1. The van der Waals surface area contributed by atoms with E-state index in [-0.39, 0.29) is 0 Å². The number of benzene rings is 1. The van der Waals surface area contributed by atoms with Crippen LogP contribution in [0.3, 0.4) is 0 Å². The standard InChI is InChI=1S/C16H19NO6/c1-16(2,3)23-15(20)17-11(13(18)21-4)12(22-14(17)19)10-8-6-5-7-9-10/h5-9,11-12H,1-4H3/t11-,12?/m0/s1. The van der Waals surface area contributed by atoms with E-state index in [1.54, 1.807) is 51.1 Å². The van der Waals surface area contributed by atoms with E-state index in [0.29, 0.717) is 10.5 Å². The lowest BCUT2D eigenvalue weighted by molar-refractivity contribution is -0.146. The van der Waals surface area contributed by atoms with Crippen LogP contribution in [0.15, 0.2) is 30.3 Å². The number of carbonyl (C=O) groups is 3. The van der Waals surface area contributed by atoms with Crippen LogP contribution in [0.5, 0.6) is 0 Å². The summed E-state index contributed by atoms with van der Waals surface area (Å²) < 4.78 is 15.1. The van der Waals surface area contributed by atoms with E-state index in [4.69, 9.17) is 14.2 Å². The van der Waals surface area contributed by atoms with Crippen molar-refractivity contribution in [3.63, 3.8) is 0 Å². The number of nitrogens with zero attached hydrogens (tertiary/aromatic N) is 1. The SMILES string of the molecule is COC(=O)[C@@H]1C(c2ccccc2)OC(=O)N1C(=O)OC(C)(C)C. The van der Waals surface area contributed by atoms with E-state index in [0.717, 1.165) is 0 Å². The van der Waals surface area contributed by atoms with E-state index in [9.17, 15) is 14.4 Å². The van der Waals surface area contributed by atoms with Gasteiger partial charge < -0.3 is 14.2 Å². The van der Waals surface area contributed by atoms with Crippen LogP contribution in [-0.2, 0) is 19.0 Å². The van der Waals surface area contributed by atoms with Crippen molar-refractivity contribution < 1.29 is 28.6 Å². The van der Waals surface area contributed by atoms with Crippen molar-refractivity contribution in [1.82, 2.24) is 4.90 Å². The van der Waals surface area contributed by atoms with Crippen LogP contribution < -0.4 is 0 Å². The van der Waals surface area contributed by atoms with Crippen LogP contribution >= 0.6 is 0 Å². The fourth-order valence-electron chi connectivity index (χ4n) is 2.22. The van der Waals surface area contributed by atoms with Crippen LogP contribution in [0, 0.1) is 0 Å².